The van der Waals surface area contributed by atoms with Crippen LogP contribution in [0.4, 0.5) is 0 Å². The van der Waals surface area contributed by atoms with Crippen LogP contribution in [-0.4, -0.2) is 28.6 Å². The van der Waals surface area contributed by atoms with Crippen LogP contribution in [0.3, 0.4) is 0 Å². The van der Waals surface area contributed by atoms with Gasteiger partial charge in [0.05, 0.1) is 23.1 Å². The fourth-order valence-corrected chi connectivity index (χ4v) is 3.97. The number of thioether (sulfide) groups is 1. The van der Waals surface area contributed by atoms with Crippen molar-refractivity contribution in [3.05, 3.63) is 69.6 Å². The van der Waals surface area contributed by atoms with E-state index in [-0.39, 0.29) is 24.5 Å². The normalized spacial score (nSPS) is 14.4. The molecule has 0 aromatic heterocycles. The summed E-state index contributed by atoms with van der Waals surface area (Å²) in [6.45, 7) is 6.11. The summed E-state index contributed by atoms with van der Waals surface area (Å²) >= 11 is 7.33. The van der Waals surface area contributed by atoms with E-state index in [4.69, 9.17) is 16.3 Å². The molecule has 28 heavy (non-hydrogen) atoms. The van der Waals surface area contributed by atoms with Crippen LogP contribution in [0.2, 0.25) is 5.02 Å². The zero-order valence-corrected chi connectivity index (χ0v) is 17.6. The molecule has 0 spiro atoms. The Kier molecular flexibility index (Phi) is 6.47. The van der Waals surface area contributed by atoms with Gasteiger partial charge in [0.25, 0.3) is 11.8 Å². The molecule has 0 atom stereocenters. The molecule has 1 aliphatic heterocycles. The first-order valence-corrected chi connectivity index (χ1v) is 10.5. The van der Waals surface area contributed by atoms with Crippen LogP contribution in [-0.2, 0) is 16.1 Å². The smallest absolute Gasteiger partial charge is 0.268 e. The number of amides is 2. The number of carbonyl (C=O) groups excluding carboxylic acids is 2. The van der Waals surface area contributed by atoms with Crippen LogP contribution in [0.25, 0.3) is 5.57 Å². The Hall–Kier alpha value is -2.24. The van der Waals surface area contributed by atoms with E-state index in [9.17, 15) is 9.59 Å². The molecule has 1 heterocycles. The lowest BCUT2D eigenvalue weighted by Gasteiger charge is -2.15. The Balaban J connectivity index is 1.90. The Morgan fingerprint density at radius 1 is 1.00 bits per heavy atom. The van der Waals surface area contributed by atoms with E-state index < -0.39 is 0 Å². The third-order valence-corrected chi connectivity index (χ3v) is 5.39. The molecule has 2 amide bonds. The first-order valence-electron chi connectivity index (χ1n) is 9.15. The fourth-order valence-electron chi connectivity index (χ4n) is 2.97. The number of imide groups is 1. The highest BCUT2D eigenvalue weighted by Crippen LogP contribution is 2.37. The minimum atomic E-state index is -0.270. The highest BCUT2D eigenvalue weighted by atomic mass is 35.5. The minimum absolute atomic E-state index is 0.0702. The van der Waals surface area contributed by atoms with Crippen molar-refractivity contribution < 1.29 is 14.3 Å². The predicted molar refractivity (Wildman–Crippen MR) is 114 cm³/mol. The molecule has 0 bridgehead atoms. The van der Waals surface area contributed by atoms with Gasteiger partial charge in [-0.05, 0) is 55.0 Å². The number of halogens is 1. The fraction of sp³-hybridized carbons (Fsp3) is 0.273. The van der Waals surface area contributed by atoms with Crippen molar-refractivity contribution >= 4 is 40.8 Å². The largest absolute Gasteiger partial charge is 0.491 e. The van der Waals surface area contributed by atoms with Gasteiger partial charge >= 0.3 is 0 Å². The van der Waals surface area contributed by atoms with Crippen LogP contribution in [0.1, 0.15) is 31.9 Å². The van der Waals surface area contributed by atoms with E-state index in [1.54, 1.807) is 12.1 Å². The van der Waals surface area contributed by atoms with Crippen LogP contribution < -0.4 is 4.74 Å². The van der Waals surface area contributed by atoms with Gasteiger partial charge in [-0.3, -0.25) is 14.5 Å². The Bertz CT molecular complexity index is 904. The molecule has 146 valence electrons. The van der Waals surface area contributed by atoms with Gasteiger partial charge in [-0.25, -0.2) is 0 Å². The van der Waals surface area contributed by atoms with E-state index in [1.165, 1.54) is 16.7 Å². The van der Waals surface area contributed by atoms with Crippen molar-refractivity contribution in [1.29, 1.82) is 0 Å². The molecular weight excluding hydrogens is 394 g/mol. The average Bonchev–Trinajstić information content (AvgIpc) is 2.89. The molecule has 0 fully saturated rings. The molecule has 0 radical (unpaired) electrons. The number of ether oxygens (including phenoxy) is 1. The van der Waals surface area contributed by atoms with Gasteiger partial charge in [-0.15, -0.1) is 11.8 Å². The van der Waals surface area contributed by atoms with Gasteiger partial charge in [-0.1, -0.05) is 42.8 Å². The standard InChI is InChI=1S/C22H22ClNO3S/c1-4-28-20-19(16-7-11-18(12-8-16)27-14(2)3)21(25)24(22(20)26)13-15-5-9-17(23)10-6-15/h5-12,14H,4,13H2,1-3H3. The third-order valence-electron chi connectivity index (χ3n) is 4.18. The summed E-state index contributed by atoms with van der Waals surface area (Å²) in [7, 11) is 0. The van der Waals surface area contributed by atoms with Crippen molar-refractivity contribution in [1.82, 2.24) is 4.90 Å². The third kappa shape index (κ3) is 4.42. The number of rotatable bonds is 7. The van der Waals surface area contributed by atoms with E-state index in [0.29, 0.717) is 21.3 Å². The lowest BCUT2D eigenvalue weighted by atomic mass is 10.1. The molecule has 6 heteroatoms. The molecule has 0 aliphatic carbocycles. The van der Waals surface area contributed by atoms with Crippen LogP contribution >= 0.6 is 23.4 Å². The molecule has 3 rings (SSSR count). The topological polar surface area (TPSA) is 46.6 Å². The summed E-state index contributed by atoms with van der Waals surface area (Å²) in [5.74, 6) is 0.929. The highest BCUT2D eigenvalue weighted by Gasteiger charge is 2.38. The maximum Gasteiger partial charge on any atom is 0.268 e. The Morgan fingerprint density at radius 2 is 1.64 bits per heavy atom. The quantitative estimate of drug-likeness (QED) is 0.586. The second kappa shape index (κ2) is 8.84. The van der Waals surface area contributed by atoms with Gasteiger partial charge in [0, 0.05) is 5.02 Å². The Morgan fingerprint density at radius 3 is 2.21 bits per heavy atom. The number of hydrogen-bond acceptors (Lipinski definition) is 4. The van der Waals surface area contributed by atoms with Gasteiger partial charge in [0.15, 0.2) is 0 Å². The first-order chi connectivity index (χ1) is 13.4. The zero-order chi connectivity index (χ0) is 20.3. The van der Waals surface area contributed by atoms with Crippen molar-refractivity contribution in [3.63, 3.8) is 0 Å². The molecule has 0 saturated carbocycles. The number of nitrogens with zero attached hydrogens (tertiary/aromatic N) is 1. The molecule has 1 aliphatic rings. The van der Waals surface area contributed by atoms with Crippen molar-refractivity contribution in [2.24, 2.45) is 0 Å². The molecule has 2 aromatic carbocycles. The molecule has 0 unspecified atom stereocenters. The van der Waals surface area contributed by atoms with Gasteiger partial charge in [0.2, 0.25) is 0 Å². The molecule has 4 nitrogen and oxygen atoms in total. The highest BCUT2D eigenvalue weighted by molar-refractivity contribution is 8.04. The van der Waals surface area contributed by atoms with Crippen LogP contribution in [0.15, 0.2) is 53.4 Å². The average molecular weight is 416 g/mol. The molecule has 0 saturated heterocycles. The van der Waals surface area contributed by atoms with Crippen molar-refractivity contribution in [2.45, 2.75) is 33.4 Å². The summed E-state index contributed by atoms with van der Waals surface area (Å²) in [5.41, 5.74) is 2.04. The maximum atomic E-state index is 13.1. The summed E-state index contributed by atoms with van der Waals surface area (Å²) in [5, 5.41) is 0.618. The molecule has 0 N–H and O–H groups in total. The number of hydrogen-bond donors (Lipinski definition) is 0. The number of benzene rings is 2. The maximum absolute atomic E-state index is 13.1. The number of carbonyl (C=O) groups is 2. The zero-order valence-electron chi connectivity index (χ0n) is 16.1. The summed E-state index contributed by atoms with van der Waals surface area (Å²) in [4.78, 5) is 27.9. The lowest BCUT2D eigenvalue weighted by Crippen LogP contribution is -2.30. The second-order valence-corrected chi connectivity index (χ2v) is 8.36. The van der Waals surface area contributed by atoms with E-state index in [0.717, 1.165) is 16.9 Å². The van der Waals surface area contributed by atoms with Crippen molar-refractivity contribution in [3.8, 4) is 5.75 Å². The van der Waals surface area contributed by atoms with E-state index in [2.05, 4.69) is 0 Å². The monoisotopic (exact) mass is 415 g/mol. The van der Waals surface area contributed by atoms with E-state index >= 15 is 0 Å². The molecule has 2 aromatic rings. The Labute approximate surface area is 174 Å². The van der Waals surface area contributed by atoms with Crippen LogP contribution in [0, 0.1) is 0 Å². The second-order valence-electron chi connectivity index (χ2n) is 6.65. The first kappa shape index (κ1) is 20.5. The summed E-state index contributed by atoms with van der Waals surface area (Å²) in [6, 6.07) is 14.5. The van der Waals surface area contributed by atoms with Gasteiger partial charge in [-0.2, -0.15) is 0 Å². The summed E-state index contributed by atoms with van der Waals surface area (Å²) in [6.07, 6.45) is 0.0702. The minimum Gasteiger partial charge on any atom is -0.491 e. The lowest BCUT2D eigenvalue weighted by molar-refractivity contribution is -0.137. The van der Waals surface area contributed by atoms with Gasteiger partial charge < -0.3 is 4.74 Å². The van der Waals surface area contributed by atoms with Crippen molar-refractivity contribution in [2.75, 3.05) is 5.75 Å². The SMILES string of the molecule is CCSC1=C(c2ccc(OC(C)C)cc2)C(=O)N(Cc2ccc(Cl)cc2)C1=O. The van der Waals surface area contributed by atoms with E-state index in [1.807, 2.05) is 57.2 Å². The molecular formula is C22H22ClNO3S. The predicted octanol–water partition coefficient (Wildman–Crippen LogP) is 5.16. The van der Waals surface area contributed by atoms with Crippen LogP contribution in [0.5, 0.6) is 5.75 Å². The summed E-state index contributed by atoms with van der Waals surface area (Å²) < 4.78 is 5.67. The van der Waals surface area contributed by atoms with Gasteiger partial charge in [0.1, 0.15) is 5.75 Å².